The monoisotopic (exact) mass is 226 g/mol. The Bertz CT molecular complexity index is 449. The van der Waals surface area contributed by atoms with Gasteiger partial charge in [0.1, 0.15) is 5.75 Å². The summed E-state index contributed by atoms with van der Waals surface area (Å²) >= 11 is 0. The molecule has 0 amide bonds. The van der Waals surface area contributed by atoms with E-state index in [0.29, 0.717) is 5.92 Å². The molecule has 2 rings (SSSR count). The summed E-state index contributed by atoms with van der Waals surface area (Å²) in [6, 6.07) is 8.08. The molecular weight excluding hydrogens is 208 g/mol. The number of hydrogen-bond donors (Lipinski definition) is 0. The molecule has 17 heavy (non-hydrogen) atoms. The van der Waals surface area contributed by atoms with Crippen LogP contribution in [0.5, 0.6) is 5.75 Å². The van der Waals surface area contributed by atoms with Crippen molar-refractivity contribution in [2.45, 2.75) is 13.3 Å². The second-order valence-electron chi connectivity index (χ2n) is 4.38. The minimum absolute atomic E-state index is 0.674. The first-order chi connectivity index (χ1) is 8.28. The lowest BCUT2D eigenvalue weighted by atomic mass is 9.98. The fourth-order valence-corrected chi connectivity index (χ4v) is 1.78. The smallest absolute Gasteiger partial charge is 0.118 e. The van der Waals surface area contributed by atoms with E-state index in [-0.39, 0.29) is 0 Å². The third kappa shape index (κ3) is 3.35. The zero-order valence-electron chi connectivity index (χ0n) is 10.4. The summed E-state index contributed by atoms with van der Waals surface area (Å²) in [4.78, 5) is 0. The minimum Gasteiger partial charge on any atom is -0.497 e. The van der Waals surface area contributed by atoms with Crippen molar-refractivity contribution in [3.63, 3.8) is 0 Å². The number of methoxy groups -OCH3 is 1. The van der Waals surface area contributed by atoms with Gasteiger partial charge in [0, 0.05) is 0 Å². The molecule has 1 aliphatic carbocycles. The number of allylic oxidation sites excluding steroid dienone is 5. The number of rotatable bonds is 3. The number of hydrogen-bond acceptors (Lipinski definition) is 1. The molecule has 0 saturated heterocycles. The van der Waals surface area contributed by atoms with Crippen LogP contribution in [0.4, 0.5) is 0 Å². The standard InChI is InChI=1S/C16H18O/c1-13-3-5-14(6-4-13)7-8-15-9-11-16(17-2)12-10-15/h3,5-13H,4H2,1-2H3/b8-7+. The van der Waals surface area contributed by atoms with Crippen LogP contribution in [0.1, 0.15) is 18.9 Å². The van der Waals surface area contributed by atoms with E-state index < -0.39 is 0 Å². The van der Waals surface area contributed by atoms with Gasteiger partial charge >= 0.3 is 0 Å². The molecular formula is C16H18O. The third-order valence-electron chi connectivity index (χ3n) is 2.93. The van der Waals surface area contributed by atoms with E-state index in [0.717, 1.165) is 12.2 Å². The minimum atomic E-state index is 0.674. The maximum absolute atomic E-state index is 5.13. The Morgan fingerprint density at radius 1 is 1.18 bits per heavy atom. The highest BCUT2D eigenvalue weighted by Gasteiger charge is 2.00. The maximum Gasteiger partial charge on any atom is 0.118 e. The highest BCUT2D eigenvalue weighted by molar-refractivity contribution is 5.55. The van der Waals surface area contributed by atoms with Gasteiger partial charge in [-0.1, -0.05) is 49.4 Å². The van der Waals surface area contributed by atoms with E-state index in [4.69, 9.17) is 4.74 Å². The summed E-state index contributed by atoms with van der Waals surface area (Å²) < 4.78 is 5.13. The van der Waals surface area contributed by atoms with Crippen molar-refractivity contribution in [3.8, 4) is 5.75 Å². The van der Waals surface area contributed by atoms with Gasteiger partial charge in [0.05, 0.1) is 7.11 Å². The van der Waals surface area contributed by atoms with Crippen molar-refractivity contribution in [2.24, 2.45) is 5.92 Å². The fourth-order valence-electron chi connectivity index (χ4n) is 1.78. The second-order valence-corrected chi connectivity index (χ2v) is 4.38. The Labute approximate surface area is 103 Å². The Morgan fingerprint density at radius 2 is 1.94 bits per heavy atom. The molecule has 0 radical (unpaired) electrons. The molecule has 1 aromatic carbocycles. The van der Waals surface area contributed by atoms with E-state index in [1.54, 1.807) is 7.11 Å². The summed E-state index contributed by atoms with van der Waals surface area (Å²) in [5.74, 6) is 1.57. The average Bonchev–Trinajstić information content (AvgIpc) is 2.39. The Kier molecular flexibility index (Phi) is 3.81. The van der Waals surface area contributed by atoms with Crippen LogP contribution in [0.3, 0.4) is 0 Å². The molecule has 0 heterocycles. The van der Waals surface area contributed by atoms with Crippen LogP contribution >= 0.6 is 0 Å². The first-order valence-corrected chi connectivity index (χ1v) is 5.98. The molecule has 0 fully saturated rings. The number of benzene rings is 1. The third-order valence-corrected chi connectivity index (χ3v) is 2.93. The van der Waals surface area contributed by atoms with Gasteiger partial charge < -0.3 is 4.74 Å². The summed E-state index contributed by atoms with van der Waals surface area (Å²) in [6.07, 6.45) is 12.2. The molecule has 1 unspecified atom stereocenters. The van der Waals surface area contributed by atoms with Gasteiger partial charge in [0.15, 0.2) is 0 Å². The average molecular weight is 226 g/mol. The lowest BCUT2D eigenvalue weighted by Crippen LogP contribution is -1.92. The van der Waals surface area contributed by atoms with Gasteiger partial charge in [0.25, 0.3) is 0 Å². The summed E-state index contributed by atoms with van der Waals surface area (Å²) in [5.41, 5.74) is 2.48. The predicted octanol–water partition coefficient (Wildman–Crippen LogP) is 4.23. The first-order valence-electron chi connectivity index (χ1n) is 5.98. The topological polar surface area (TPSA) is 9.23 Å². The van der Waals surface area contributed by atoms with E-state index in [1.807, 2.05) is 12.1 Å². The van der Waals surface area contributed by atoms with Gasteiger partial charge in [0.2, 0.25) is 0 Å². The molecule has 1 nitrogen and oxygen atoms in total. The van der Waals surface area contributed by atoms with E-state index in [2.05, 4.69) is 49.4 Å². The Balaban J connectivity index is 2.03. The normalized spacial score (nSPS) is 19.4. The van der Waals surface area contributed by atoms with E-state index in [1.165, 1.54) is 11.1 Å². The van der Waals surface area contributed by atoms with Crippen molar-refractivity contribution >= 4 is 6.08 Å². The van der Waals surface area contributed by atoms with Crippen LogP contribution in [-0.4, -0.2) is 7.11 Å². The molecule has 0 aliphatic heterocycles. The van der Waals surface area contributed by atoms with Crippen LogP contribution in [-0.2, 0) is 0 Å². The molecule has 1 aromatic rings. The lowest BCUT2D eigenvalue weighted by Gasteiger charge is -2.08. The van der Waals surface area contributed by atoms with Crippen molar-refractivity contribution in [1.29, 1.82) is 0 Å². The van der Waals surface area contributed by atoms with Crippen LogP contribution in [0, 0.1) is 5.92 Å². The Morgan fingerprint density at radius 3 is 2.53 bits per heavy atom. The molecule has 0 saturated carbocycles. The first kappa shape index (κ1) is 11.7. The summed E-state index contributed by atoms with van der Waals surface area (Å²) in [6.45, 7) is 2.23. The van der Waals surface area contributed by atoms with Crippen molar-refractivity contribution in [3.05, 3.63) is 59.7 Å². The fraction of sp³-hybridized carbons (Fsp3) is 0.250. The molecule has 1 aliphatic rings. The zero-order chi connectivity index (χ0) is 12.1. The van der Waals surface area contributed by atoms with Crippen molar-refractivity contribution in [2.75, 3.05) is 7.11 Å². The van der Waals surface area contributed by atoms with Gasteiger partial charge in [-0.05, 0) is 35.6 Å². The molecule has 88 valence electrons. The molecule has 1 atom stereocenters. The molecule has 1 heteroatoms. The SMILES string of the molecule is COc1ccc(/C=C/C2=CCC(C)C=C2)cc1. The Hall–Kier alpha value is -1.76. The zero-order valence-corrected chi connectivity index (χ0v) is 10.4. The van der Waals surface area contributed by atoms with Crippen LogP contribution in [0.2, 0.25) is 0 Å². The van der Waals surface area contributed by atoms with E-state index in [9.17, 15) is 0 Å². The highest BCUT2D eigenvalue weighted by atomic mass is 16.5. The second kappa shape index (κ2) is 5.53. The van der Waals surface area contributed by atoms with Crippen molar-refractivity contribution < 1.29 is 4.74 Å². The molecule has 0 spiro atoms. The quantitative estimate of drug-likeness (QED) is 0.749. The summed E-state index contributed by atoms with van der Waals surface area (Å²) in [5, 5.41) is 0. The van der Waals surface area contributed by atoms with Crippen LogP contribution in [0.15, 0.2) is 54.1 Å². The molecule has 0 aromatic heterocycles. The van der Waals surface area contributed by atoms with Crippen molar-refractivity contribution in [1.82, 2.24) is 0 Å². The van der Waals surface area contributed by atoms with Crippen LogP contribution < -0.4 is 4.74 Å². The lowest BCUT2D eigenvalue weighted by molar-refractivity contribution is 0.415. The van der Waals surface area contributed by atoms with Gasteiger partial charge in [-0.2, -0.15) is 0 Å². The largest absolute Gasteiger partial charge is 0.497 e. The van der Waals surface area contributed by atoms with Gasteiger partial charge in [-0.15, -0.1) is 0 Å². The van der Waals surface area contributed by atoms with Gasteiger partial charge in [-0.25, -0.2) is 0 Å². The highest BCUT2D eigenvalue weighted by Crippen LogP contribution is 2.18. The molecule has 0 bridgehead atoms. The van der Waals surface area contributed by atoms with E-state index >= 15 is 0 Å². The van der Waals surface area contributed by atoms with Crippen LogP contribution in [0.25, 0.3) is 6.08 Å². The molecule has 0 N–H and O–H groups in total. The predicted molar refractivity (Wildman–Crippen MR) is 73.0 cm³/mol. The number of ether oxygens (including phenoxy) is 1. The van der Waals surface area contributed by atoms with Gasteiger partial charge in [-0.3, -0.25) is 0 Å². The maximum atomic E-state index is 5.13. The summed E-state index contributed by atoms with van der Waals surface area (Å²) in [7, 11) is 1.68.